The molecule has 4 nitrogen and oxygen atoms in total. The predicted octanol–water partition coefficient (Wildman–Crippen LogP) is 0.580. The van der Waals surface area contributed by atoms with Gasteiger partial charge < -0.3 is 10.1 Å². The molecule has 1 rings (SSSR count). The van der Waals surface area contributed by atoms with Crippen molar-refractivity contribution in [2.24, 2.45) is 0 Å². The van der Waals surface area contributed by atoms with Gasteiger partial charge in [-0.1, -0.05) is 6.92 Å². The zero-order valence-electron chi connectivity index (χ0n) is 9.37. The second kappa shape index (κ2) is 6.45. The van der Waals surface area contributed by atoms with E-state index in [2.05, 4.69) is 5.32 Å². The summed E-state index contributed by atoms with van der Waals surface area (Å²) in [5.41, 5.74) is 0. The van der Waals surface area contributed by atoms with Gasteiger partial charge in [-0.2, -0.15) is 0 Å². The SMILES string of the molecule is CCNCCCS(=O)(=O)CC1CCCO1. The van der Waals surface area contributed by atoms with Crippen molar-refractivity contribution in [3.05, 3.63) is 0 Å². The van der Waals surface area contributed by atoms with Gasteiger partial charge in [0.25, 0.3) is 0 Å². The summed E-state index contributed by atoms with van der Waals surface area (Å²) in [6.07, 6.45) is 2.54. The Balaban J connectivity index is 2.19. The first kappa shape index (κ1) is 12.9. The van der Waals surface area contributed by atoms with E-state index in [1.165, 1.54) is 0 Å². The second-order valence-corrected chi connectivity index (χ2v) is 6.19. The molecule has 1 atom stereocenters. The van der Waals surface area contributed by atoms with Crippen LogP contribution in [0.1, 0.15) is 26.2 Å². The van der Waals surface area contributed by atoms with Crippen molar-refractivity contribution in [3.63, 3.8) is 0 Å². The van der Waals surface area contributed by atoms with E-state index in [4.69, 9.17) is 4.74 Å². The lowest BCUT2D eigenvalue weighted by Crippen LogP contribution is -2.24. The summed E-state index contributed by atoms with van der Waals surface area (Å²) in [6, 6.07) is 0. The van der Waals surface area contributed by atoms with Gasteiger partial charge in [0, 0.05) is 6.61 Å². The summed E-state index contributed by atoms with van der Waals surface area (Å²) in [5, 5.41) is 3.12. The predicted molar refractivity (Wildman–Crippen MR) is 60.8 cm³/mol. The number of nitrogens with one attached hydrogen (secondary N) is 1. The Morgan fingerprint density at radius 2 is 2.27 bits per heavy atom. The fourth-order valence-electron chi connectivity index (χ4n) is 1.74. The van der Waals surface area contributed by atoms with E-state index in [1.807, 2.05) is 6.92 Å². The molecule has 90 valence electrons. The Hall–Kier alpha value is -0.130. The summed E-state index contributed by atoms with van der Waals surface area (Å²) in [6.45, 7) is 4.41. The number of ether oxygens (including phenoxy) is 1. The number of rotatable bonds is 7. The van der Waals surface area contributed by atoms with Crippen LogP contribution in [0.15, 0.2) is 0 Å². The van der Waals surface area contributed by atoms with Gasteiger partial charge in [0.2, 0.25) is 0 Å². The Morgan fingerprint density at radius 1 is 1.47 bits per heavy atom. The second-order valence-electron chi connectivity index (χ2n) is 3.96. The Labute approximate surface area is 92.3 Å². The molecule has 0 spiro atoms. The Morgan fingerprint density at radius 3 is 2.87 bits per heavy atom. The van der Waals surface area contributed by atoms with Gasteiger partial charge in [0.1, 0.15) is 0 Å². The van der Waals surface area contributed by atoms with Crippen molar-refractivity contribution < 1.29 is 13.2 Å². The van der Waals surface area contributed by atoms with Gasteiger partial charge in [-0.25, -0.2) is 8.42 Å². The van der Waals surface area contributed by atoms with Crippen LogP contribution >= 0.6 is 0 Å². The minimum atomic E-state index is -2.91. The third-order valence-corrected chi connectivity index (χ3v) is 4.31. The van der Waals surface area contributed by atoms with E-state index >= 15 is 0 Å². The highest BCUT2D eigenvalue weighted by Crippen LogP contribution is 2.14. The molecule has 1 N–H and O–H groups in total. The average Bonchev–Trinajstić information content (AvgIpc) is 2.64. The molecule has 0 aliphatic carbocycles. The maximum absolute atomic E-state index is 11.6. The largest absolute Gasteiger partial charge is 0.377 e. The maximum Gasteiger partial charge on any atom is 0.152 e. The monoisotopic (exact) mass is 235 g/mol. The Bertz CT molecular complexity index is 258. The topological polar surface area (TPSA) is 55.4 Å². The van der Waals surface area contributed by atoms with Crippen LogP contribution in [-0.2, 0) is 14.6 Å². The maximum atomic E-state index is 11.6. The molecule has 1 heterocycles. The molecule has 0 aromatic rings. The fourth-order valence-corrected chi connectivity index (χ4v) is 3.32. The molecule has 0 radical (unpaired) electrons. The lowest BCUT2D eigenvalue weighted by atomic mass is 10.3. The highest BCUT2D eigenvalue weighted by molar-refractivity contribution is 7.91. The first-order chi connectivity index (χ1) is 7.14. The highest BCUT2D eigenvalue weighted by atomic mass is 32.2. The molecule has 0 aromatic carbocycles. The van der Waals surface area contributed by atoms with Crippen molar-refractivity contribution in [2.45, 2.75) is 32.3 Å². The fraction of sp³-hybridized carbons (Fsp3) is 1.00. The van der Waals surface area contributed by atoms with Gasteiger partial charge in [0.15, 0.2) is 9.84 Å². The molecule has 0 saturated carbocycles. The van der Waals surface area contributed by atoms with Gasteiger partial charge in [0.05, 0.1) is 17.6 Å². The third-order valence-electron chi connectivity index (χ3n) is 2.52. The first-order valence-corrected chi connectivity index (χ1v) is 7.49. The number of hydrogen-bond donors (Lipinski definition) is 1. The summed E-state index contributed by atoms with van der Waals surface area (Å²) < 4.78 is 28.6. The van der Waals surface area contributed by atoms with Crippen LogP contribution in [0, 0.1) is 0 Å². The van der Waals surface area contributed by atoms with E-state index in [9.17, 15) is 8.42 Å². The number of sulfone groups is 1. The van der Waals surface area contributed by atoms with E-state index in [-0.39, 0.29) is 17.6 Å². The van der Waals surface area contributed by atoms with Crippen LogP contribution in [0.5, 0.6) is 0 Å². The normalized spacial score (nSPS) is 22.1. The van der Waals surface area contributed by atoms with Crippen molar-refractivity contribution in [1.29, 1.82) is 0 Å². The zero-order chi connectivity index (χ0) is 11.1. The lowest BCUT2D eigenvalue weighted by molar-refractivity contribution is 0.127. The Kier molecular flexibility index (Phi) is 5.56. The molecule has 0 bridgehead atoms. The molecule has 0 amide bonds. The summed E-state index contributed by atoms with van der Waals surface area (Å²) in [5.74, 6) is 0.485. The van der Waals surface area contributed by atoms with E-state index in [1.54, 1.807) is 0 Å². The first-order valence-electron chi connectivity index (χ1n) is 5.67. The third kappa shape index (κ3) is 5.49. The molecule has 1 aliphatic heterocycles. The number of hydrogen-bond acceptors (Lipinski definition) is 4. The molecule has 1 fully saturated rings. The summed E-state index contributed by atoms with van der Waals surface area (Å²) in [7, 11) is -2.91. The molecule has 5 heteroatoms. The van der Waals surface area contributed by atoms with Gasteiger partial charge in [-0.3, -0.25) is 0 Å². The molecular weight excluding hydrogens is 214 g/mol. The molecule has 1 aliphatic rings. The van der Waals surface area contributed by atoms with Gasteiger partial charge >= 0.3 is 0 Å². The molecule has 15 heavy (non-hydrogen) atoms. The van der Waals surface area contributed by atoms with Crippen LogP contribution in [0.4, 0.5) is 0 Å². The van der Waals surface area contributed by atoms with Gasteiger partial charge in [-0.15, -0.1) is 0 Å². The standard InChI is InChI=1S/C10H21NO3S/c1-2-11-6-4-8-15(12,13)9-10-5-3-7-14-10/h10-11H,2-9H2,1H3. The van der Waals surface area contributed by atoms with Crippen LogP contribution in [0.3, 0.4) is 0 Å². The lowest BCUT2D eigenvalue weighted by Gasteiger charge is -2.09. The zero-order valence-corrected chi connectivity index (χ0v) is 10.2. The van der Waals surface area contributed by atoms with Crippen LogP contribution in [0.25, 0.3) is 0 Å². The molecule has 0 aromatic heterocycles. The summed E-state index contributed by atoms with van der Waals surface area (Å²) in [4.78, 5) is 0. The highest BCUT2D eigenvalue weighted by Gasteiger charge is 2.22. The van der Waals surface area contributed by atoms with Crippen molar-refractivity contribution in [3.8, 4) is 0 Å². The summed E-state index contributed by atoms with van der Waals surface area (Å²) >= 11 is 0. The average molecular weight is 235 g/mol. The van der Waals surface area contributed by atoms with Crippen LogP contribution in [-0.4, -0.2) is 45.7 Å². The van der Waals surface area contributed by atoms with Gasteiger partial charge in [-0.05, 0) is 32.4 Å². The van der Waals surface area contributed by atoms with Crippen LogP contribution < -0.4 is 5.32 Å². The van der Waals surface area contributed by atoms with Crippen LogP contribution in [0.2, 0.25) is 0 Å². The molecule has 1 unspecified atom stereocenters. The van der Waals surface area contributed by atoms with Crippen molar-refractivity contribution >= 4 is 9.84 Å². The van der Waals surface area contributed by atoms with E-state index in [0.717, 1.165) is 32.5 Å². The molecule has 1 saturated heterocycles. The minimum absolute atomic E-state index is 0.0471. The van der Waals surface area contributed by atoms with Crippen molar-refractivity contribution in [2.75, 3.05) is 31.2 Å². The minimum Gasteiger partial charge on any atom is -0.377 e. The van der Waals surface area contributed by atoms with E-state index in [0.29, 0.717) is 6.42 Å². The smallest absolute Gasteiger partial charge is 0.152 e. The quantitative estimate of drug-likeness (QED) is 0.656. The molecular formula is C10H21NO3S. The van der Waals surface area contributed by atoms with E-state index < -0.39 is 9.84 Å². The van der Waals surface area contributed by atoms with Crippen molar-refractivity contribution in [1.82, 2.24) is 5.32 Å².